The van der Waals surface area contributed by atoms with E-state index in [1.807, 2.05) is 0 Å². The highest BCUT2D eigenvalue weighted by atomic mass is 32.2. The Balaban J connectivity index is 1.86. The summed E-state index contributed by atoms with van der Waals surface area (Å²) in [5, 5.41) is 13.9. The highest BCUT2D eigenvalue weighted by Crippen LogP contribution is 2.35. The van der Waals surface area contributed by atoms with Crippen LogP contribution in [0.1, 0.15) is 33.3 Å². The molecular weight excluding hydrogens is 472 g/mol. The average molecular weight is 502 g/mol. The molecule has 188 valence electrons. The highest BCUT2D eigenvalue weighted by Gasteiger charge is 2.48. The van der Waals surface area contributed by atoms with E-state index in [4.69, 9.17) is 4.74 Å². The molecule has 1 aliphatic heterocycles. The molecule has 2 atom stereocenters. The predicted octanol–water partition coefficient (Wildman–Crippen LogP) is 1.72. The second-order valence-electron chi connectivity index (χ2n) is 9.20. The van der Waals surface area contributed by atoms with Gasteiger partial charge in [-0.3, -0.25) is 0 Å². The van der Waals surface area contributed by atoms with Crippen molar-refractivity contribution in [1.29, 1.82) is 0 Å². The summed E-state index contributed by atoms with van der Waals surface area (Å²) in [7, 11) is -4.20. The fourth-order valence-corrected chi connectivity index (χ4v) is 5.57. The van der Waals surface area contributed by atoms with Crippen molar-refractivity contribution in [1.82, 2.24) is 24.0 Å². The Labute approximate surface area is 197 Å². The van der Waals surface area contributed by atoms with Gasteiger partial charge < -0.3 is 14.7 Å². The van der Waals surface area contributed by atoms with Crippen molar-refractivity contribution < 1.29 is 31.8 Å². The molecule has 2 heterocycles. The van der Waals surface area contributed by atoms with Crippen molar-refractivity contribution in [2.45, 2.75) is 50.7 Å². The topological polar surface area (TPSA) is 118 Å². The first-order valence-corrected chi connectivity index (χ1v) is 12.2. The summed E-state index contributed by atoms with van der Waals surface area (Å²) in [4.78, 5) is 17.5. The van der Waals surface area contributed by atoms with Gasteiger partial charge in [0.15, 0.2) is 0 Å². The molecule has 0 radical (unpaired) electrons. The van der Waals surface area contributed by atoms with E-state index in [1.165, 1.54) is 29.2 Å². The van der Waals surface area contributed by atoms with Crippen LogP contribution in [0.4, 0.5) is 13.6 Å². The van der Waals surface area contributed by atoms with E-state index in [1.54, 1.807) is 20.8 Å². The number of benzene rings is 1. The number of hydrogen-bond donors (Lipinski definition) is 1. The Morgan fingerprint density at radius 3 is 2.38 bits per heavy atom. The molecule has 1 aliphatic rings. The van der Waals surface area contributed by atoms with Gasteiger partial charge in [0.1, 0.15) is 40.7 Å². The maximum Gasteiger partial charge on any atom is 0.410 e. The lowest BCUT2D eigenvalue weighted by atomic mass is 9.90. The smallest absolute Gasteiger partial charge is 0.410 e. The largest absolute Gasteiger partial charge is 0.444 e. The van der Waals surface area contributed by atoms with Crippen LogP contribution >= 0.6 is 0 Å². The van der Waals surface area contributed by atoms with E-state index in [0.29, 0.717) is 6.07 Å². The second-order valence-corrected chi connectivity index (χ2v) is 11.4. The van der Waals surface area contributed by atoms with Gasteiger partial charge >= 0.3 is 6.09 Å². The molecule has 0 unspecified atom stereocenters. The normalized spacial score (nSPS) is 18.4. The third-order valence-electron chi connectivity index (χ3n) is 5.64. The Bertz CT molecular complexity index is 1120. The molecule has 10 nitrogen and oxygen atoms in total. The van der Waals surface area contributed by atoms with Gasteiger partial charge in [0, 0.05) is 37.8 Å². The van der Waals surface area contributed by atoms with Gasteiger partial charge in [0.05, 0.1) is 6.54 Å². The lowest BCUT2D eigenvalue weighted by Crippen LogP contribution is -2.57. The minimum atomic E-state index is -4.20. The van der Waals surface area contributed by atoms with E-state index in [2.05, 4.69) is 10.1 Å². The number of piperazine rings is 1. The third-order valence-corrected chi connectivity index (χ3v) is 8.01. The number of halogens is 2. The molecule has 1 aromatic heterocycles. The van der Waals surface area contributed by atoms with Crippen LogP contribution in [0.25, 0.3) is 0 Å². The van der Waals surface area contributed by atoms with Crippen molar-refractivity contribution in [3.8, 4) is 0 Å². The SMILES string of the molecule is C[C@H]([C@](O)(Cn1cncn1)c1ccc(F)cc1F)S(=O)(=O)N1CCN(C(=O)OC(C)(C)C)CC1. The molecule has 34 heavy (non-hydrogen) atoms. The number of rotatable bonds is 6. The first-order chi connectivity index (χ1) is 15.7. The number of nitrogens with zero attached hydrogens (tertiary/aromatic N) is 5. The number of ether oxygens (including phenoxy) is 1. The van der Waals surface area contributed by atoms with E-state index in [-0.39, 0.29) is 31.7 Å². The van der Waals surface area contributed by atoms with E-state index >= 15 is 0 Å². The molecule has 0 aliphatic carbocycles. The molecule has 3 rings (SSSR count). The summed E-state index contributed by atoms with van der Waals surface area (Å²) < 4.78 is 62.9. The monoisotopic (exact) mass is 501 g/mol. The summed E-state index contributed by atoms with van der Waals surface area (Å²) >= 11 is 0. The molecule has 1 saturated heterocycles. The summed E-state index contributed by atoms with van der Waals surface area (Å²) in [6, 6.07) is 2.55. The molecule has 1 N–H and O–H groups in total. The average Bonchev–Trinajstić information content (AvgIpc) is 3.24. The summed E-state index contributed by atoms with van der Waals surface area (Å²) in [6.07, 6.45) is 1.90. The number of aromatic nitrogens is 3. The number of hydrogen-bond acceptors (Lipinski definition) is 7. The minimum Gasteiger partial charge on any atom is -0.444 e. The number of amides is 1. The molecule has 0 bridgehead atoms. The molecule has 1 aromatic carbocycles. The van der Waals surface area contributed by atoms with Crippen LogP contribution in [-0.2, 0) is 26.9 Å². The zero-order valence-corrected chi connectivity index (χ0v) is 20.3. The van der Waals surface area contributed by atoms with Crippen LogP contribution < -0.4 is 0 Å². The number of carbonyl (C=O) groups is 1. The van der Waals surface area contributed by atoms with Crippen molar-refractivity contribution >= 4 is 16.1 Å². The van der Waals surface area contributed by atoms with Gasteiger partial charge in [0.25, 0.3) is 0 Å². The van der Waals surface area contributed by atoms with Gasteiger partial charge in [-0.2, -0.15) is 9.40 Å². The first-order valence-electron chi connectivity index (χ1n) is 10.7. The first kappa shape index (κ1) is 26.0. The van der Waals surface area contributed by atoms with Crippen LogP contribution in [0.5, 0.6) is 0 Å². The van der Waals surface area contributed by atoms with E-state index in [9.17, 15) is 27.1 Å². The molecule has 2 aromatic rings. The van der Waals surface area contributed by atoms with E-state index < -0.39 is 50.7 Å². The Morgan fingerprint density at radius 1 is 1.21 bits per heavy atom. The second kappa shape index (κ2) is 9.55. The number of carbonyl (C=O) groups excluding carboxylic acids is 1. The van der Waals surface area contributed by atoms with Gasteiger partial charge in [-0.05, 0) is 33.8 Å². The van der Waals surface area contributed by atoms with Crippen LogP contribution in [0, 0.1) is 11.6 Å². The molecular formula is C21H29F2N5O5S. The zero-order valence-electron chi connectivity index (χ0n) is 19.5. The number of sulfonamides is 1. The maximum atomic E-state index is 14.7. The van der Waals surface area contributed by atoms with Crippen LogP contribution in [0.2, 0.25) is 0 Å². The predicted molar refractivity (Wildman–Crippen MR) is 118 cm³/mol. The fourth-order valence-electron chi connectivity index (χ4n) is 3.76. The summed E-state index contributed by atoms with van der Waals surface area (Å²) in [5.41, 5.74) is -3.37. The zero-order chi connectivity index (χ0) is 25.3. The Morgan fingerprint density at radius 2 is 1.85 bits per heavy atom. The standard InChI is InChI=1S/C21H29F2N5O5S/c1-15(34(31,32)28-9-7-26(8-10-28)19(29)33-20(2,3)4)21(30,12-27-14-24-13-25-27)17-6-5-16(22)11-18(17)23/h5-6,11,13-15,30H,7-10,12H2,1-4H3/t15-,21-/m1/s1. The minimum absolute atomic E-state index is 0.0305. The van der Waals surface area contributed by atoms with Crippen LogP contribution in [-0.4, -0.2) is 80.6 Å². The Kier molecular flexibility index (Phi) is 7.29. The molecule has 0 spiro atoms. The maximum absolute atomic E-state index is 14.7. The van der Waals surface area contributed by atoms with Gasteiger partial charge in [0.2, 0.25) is 10.0 Å². The van der Waals surface area contributed by atoms with Gasteiger partial charge in [-0.25, -0.2) is 31.7 Å². The van der Waals surface area contributed by atoms with Gasteiger partial charge in [-0.1, -0.05) is 6.07 Å². The summed E-state index contributed by atoms with van der Waals surface area (Å²) in [5.74, 6) is -1.95. The van der Waals surface area contributed by atoms with Gasteiger partial charge in [-0.15, -0.1) is 0 Å². The lowest BCUT2D eigenvalue weighted by Gasteiger charge is -2.40. The fraction of sp³-hybridized carbons (Fsp3) is 0.571. The highest BCUT2D eigenvalue weighted by molar-refractivity contribution is 7.89. The molecule has 13 heteroatoms. The quantitative estimate of drug-likeness (QED) is 0.640. The van der Waals surface area contributed by atoms with Crippen molar-refractivity contribution in [2.75, 3.05) is 26.2 Å². The van der Waals surface area contributed by atoms with Crippen molar-refractivity contribution in [3.63, 3.8) is 0 Å². The molecule has 1 amide bonds. The van der Waals surface area contributed by atoms with E-state index in [0.717, 1.165) is 16.4 Å². The van der Waals surface area contributed by atoms with Crippen molar-refractivity contribution in [2.24, 2.45) is 0 Å². The number of aliphatic hydroxyl groups is 1. The van der Waals surface area contributed by atoms with Crippen LogP contribution in [0.15, 0.2) is 30.9 Å². The molecule has 1 fully saturated rings. The summed E-state index contributed by atoms with van der Waals surface area (Å²) in [6.45, 7) is 6.14. The lowest BCUT2D eigenvalue weighted by molar-refractivity contribution is 0.00731. The third kappa shape index (κ3) is 5.53. The molecule has 0 saturated carbocycles. The van der Waals surface area contributed by atoms with Crippen molar-refractivity contribution in [3.05, 3.63) is 48.1 Å². The Hall–Kier alpha value is -2.64. The van der Waals surface area contributed by atoms with Crippen LogP contribution in [0.3, 0.4) is 0 Å².